The van der Waals surface area contributed by atoms with Gasteiger partial charge in [0.15, 0.2) is 0 Å². The van der Waals surface area contributed by atoms with Crippen LogP contribution in [0.4, 0.5) is 0 Å². The molecule has 5 heteroatoms. The molecular weight excluding hydrogens is 274 g/mol. The van der Waals surface area contributed by atoms with E-state index in [2.05, 4.69) is 11.4 Å². The van der Waals surface area contributed by atoms with Crippen molar-refractivity contribution in [2.75, 3.05) is 18.6 Å². The summed E-state index contributed by atoms with van der Waals surface area (Å²) in [6.45, 7) is 1.50. The summed E-state index contributed by atoms with van der Waals surface area (Å²) in [5.74, 6) is 0.683. The van der Waals surface area contributed by atoms with Crippen LogP contribution in [0.3, 0.4) is 0 Å². The molecule has 1 unspecified atom stereocenters. The van der Waals surface area contributed by atoms with Crippen molar-refractivity contribution in [3.05, 3.63) is 34.2 Å². The Balaban J connectivity index is 2.04. The van der Waals surface area contributed by atoms with Crippen molar-refractivity contribution < 1.29 is 4.21 Å². The number of halogens is 1. The molecule has 0 bridgehead atoms. The lowest BCUT2D eigenvalue weighted by atomic mass is 10.2. The molecule has 1 heterocycles. The smallest absolute Gasteiger partial charge is 0.0636 e. The highest BCUT2D eigenvalue weighted by molar-refractivity contribution is 7.84. The minimum atomic E-state index is -0.736. The summed E-state index contributed by atoms with van der Waals surface area (Å²) < 4.78 is 12.1. The maximum atomic E-state index is 10.9. The molecule has 0 saturated carbocycles. The van der Waals surface area contributed by atoms with Crippen LogP contribution in [-0.2, 0) is 17.3 Å². The lowest BCUT2D eigenvalue weighted by Gasteiger charge is -2.01. The molecule has 2 nitrogen and oxygen atoms in total. The van der Waals surface area contributed by atoms with Crippen molar-refractivity contribution in [3.63, 3.8) is 0 Å². The summed E-state index contributed by atoms with van der Waals surface area (Å²) in [5, 5.41) is 5.23. The zero-order valence-electron chi connectivity index (χ0n) is 9.53. The molecule has 1 aromatic heterocycles. The van der Waals surface area contributed by atoms with Crippen molar-refractivity contribution in [1.29, 1.82) is 0 Å². The van der Waals surface area contributed by atoms with Gasteiger partial charge in [0.2, 0.25) is 0 Å². The van der Waals surface area contributed by atoms with Gasteiger partial charge in [-0.15, -0.1) is 11.3 Å². The van der Waals surface area contributed by atoms with E-state index in [4.69, 9.17) is 11.6 Å². The van der Waals surface area contributed by atoms with E-state index in [-0.39, 0.29) is 0 Å². The Bertz CT molecular complexity index is 538. The number of thiophene rings is 1. The Kier molecular flexibility index (Phi) is 4.56. The monoisotopic (exact) mass is 287 g/mol. The molecule has 0 spiro atoms. The van der Waals surface area contributed by atoms with Gasteiger partial charge in [0.1, 0.15) is 0 Å². The summed E-state index contributed by atoms with van der Waals surface area (Å²) in [6, 6.07) is 8.14. The predicted molar refractivity (Wildman–Crippen MR) is 77.5 cm³/mol. The molecule has 1 N–H and O–H groups in total. The molecule has 0 aliphatic rings. The van der Waals surface area contributed by atoms with Gasteiger partial charge in [-0.05, 0) is 6.07 Å². The quantitative estimate of drug-likeness (QED) is 0.857. The number of fused-ring (bicyclic) bond motifs is 1. The molecule has 0 aliphatic carbocycles. The maximum absolute atomic E-state index is 10.9. The molecule has 0 fully saturated rings. The van der Waals surface area contributed by atoms with Crippen LogP contribution in [0.25, 0.3) is 10.1 Å². The van der Waals surface area contributed by atoms with Crippen LogP contribution in [0.15, 0.2) is 24.3 Å². The first-order valence-electron chi connectivity index (χ1n) is 5.35. The van der Waals surface area contributed by atoms with Crippen LogP contribution in [-0.4, -0.2) is 22.8 Å². The predicted octanol–water partition coefficient (Wildman–Crippen LogP) is 3.02. The highest BCUT2D eigenvalue weighted by Gasteiger charge is 2.08. The highest BCUT2D eigenvalue weighted by Crippen LogP contribution is 2.34. The third-order valence-corrected chi connectivity index (χ3v) is 4.95. The van der Waals surface area contributed by atoms with E-state index in [1.54, 1.807) is 17.6 Å². The maximum Gasteiger partial charge on any atom is 0.0636 e. The van der Waals surface area contributed by atoms with E-state index >= 15 is 0 Å². The fraction of sp³-hybridized carbons (Fsp3) is 0.333. The number of hydrogen-bond donors (Lipinski definition) is 1. The molecule has 2 aromatic rings. The molecule has 2 rings (SSSR count). The third-order valence-electron chi connectivity index (χ3n) is 2.45. The summed E-state index contributed by atoms with van der Waals surface area (Å²) in [5.41, 5.74) is 0. The average Bonchev–Trinajstić information content (AvgIpc) is 2.63. The molecule has 17 heavy (non-hydrogen) atoms. The zero-order chi connectivity index (χ0) is 12.3. The van der Waals surface area contributed by atoms with E-state index < -0.39 is 10.8 Å². The van der Waals surface area contributed by atoms with Gasteiger partial charge in [-0.1, -0.05) is 29.8 Å². The molecule has 1 atom stereocenters. The Labute approximate surface area is 112 Å². The first kappa shape index (κ1) is 13.0. The van der Waals surface area contributed by atoms with Gasteiger partial charge in [0.05, 0.1) is 5.02 Å². The normalized spacial score (nSPS) is 13.1. The summed E-state index contributed by atoms with van der Waals surface area (Å²) in [4.78, 5) is 1.15. The number of benzene rings is 1. The lowest BCUT2D eigenvalue weighted by molar-refractivity contribution is 0.678. The third kappa shape index (κ3) is 3.28. The first-order valence-corrected chi connectivity index (χ1v) is 8.27. The van der Waals surface area contributed by atoms with E-state index in [1.807, 2.05) is 18.2 Å². The number of nitrogens with one attached hydrogen (secondary N) is 1. The first-order chi connectivity index (χ1) is 8.18. The van der Waals surface area contributed by atoms with Gasteiger partial charge in [0, 0.05) is 50.9 Å². The largest absolute Gasteiger partial charge is 0.311 e. The minimum absolute atomic E-state index is 0.683. The van der Waals surface area contributed by atoms with Gasteiger partial charge < -0.3 is 5.32 Å². The van der Waals surface area contributed by atoms with Gasteiger partial charge >= 0.3 is 0 Å². The van der Waals surface area contributed by atoms with Crippen molar-refractivity contribution in [3.8, 4) is 0 Å². The van der Waals surface area contributed by atoms with Crippen LogP contribution < -0.4 is 5.32 Å². The molecule has 1 aromatic carbocycles. The highest BCUT2D eigenvalue weighted by atomic mass is 35.5. The fourth-order valence-electron chi connectivity index (χ4n) is 1.60. The molecule has 0 amide bonds. The Morgan fingerprint density at radius 1 is 1.41 bits per heavy atom. The molecule has 0 radical (unpaired) electrons. The second-order valence-corrected chi connectivity index (χ2v) is 6.86. The fourth-order valence-corrected chi connectivity index (χ4v) is 3.50. The SMILES string of the molecule is CS(=O)CCNCc1sc2ccccc2c1Cl. The standard InChI is InChI=1S/C12H14ClNOS2/c1-17(15)7-6-14-8-11-12(13)9-4-2-3-5-10(9)16-11/h2-5,14H,6-8H2,1H3. The molecule has 0 saturated heterocycles. The van der Waals surface area contributed by atoms with Gasteiger partial charge in [0.25, 0.3) is 0 Å². The minimum Gasteiger partial charge on any atom is -0.311 e. The molecule has 0 aliphatic heterocycles. The van der Waals surface area contributed by atoms with E-state index in [9.17, 15) is 4.21 Å². The van der Waals surface area contributed by atoms with Gasteiger partial charge in [-0.25, -0.2) is 0 Å². The lowest BCUT2D eigenvalue weighted by Crippen LogP contribution is -2.19. The number of rotatable bonds is 5. The van der Waals surface area contributed by atoms with E-state index in [1.165, 1.54) is 4.70 Å². The van der Waals surface area contributed by atoms with Gasteiger partial charge in [-0.3, -0.25) is 4.21 Å². The molecule has 92 valence electrons. The van der Waals surface area contributed by atoms with Crippen molar-refractivity contribution in [2.24, 2.45) is 0 Å². The average molecular weight is 288 g/mol. The summed E-state index contributed by atoms with van der Waals surface area (Å²) in [6.07, 6.45) is 1.72. The second-order valence-electron chi connectivity index (χ2n) is 3.79. The zero-order valence-corrected chi connectivity index (χ0v) is 11.9. The van der Waals surface area contributed by atoms with Crippen LogP contribution >= 0.6 is 22.9 Å². The second kappa shape index (κ2) is 5.96. The van der Waals surface area contributed by atoms with Gasteiger partial charge in [-0.2, -0.15) is 0 Å². The summed E-state index contributed by atoms with van der Waals surface area (Å²) in [7, 11) is -0.736. The van der Waals surface area contributed by atoms with Crippen LogP contribution in [0.1, 0.15) is 4.88 Å². The van der Waals surface area contributed by atoms with Crippen molar-refractivity contribution >= 4 is 43.8 Å². The van der Waals surface area contributed by atoms with E-state index in [0.717, 1.165) is 28.4 Å². The van der Waals surface area contributed by atoms with E-state index in [0.29, 0.717) is 5.75 Å². The molecular formula is C12H14ClNOS2. The number of hydrogen-bond acceptors (Lipinski definition) is 3. The van der Waals surface area contributed by atoms with Crippen molar-refractivity contribution in [1.82, 2.24) is 5.32 Å². The van der Waals surface area contributed by atoms with Crippen LogP contribution in [0.2, 0.25) is 5.02 Å². The summed E-state index contributed by atoms with van der Waals surface area (Å²) >= 11 is 8.02. The van der Waals surface area contributed by atoms with Crippen molar-refractivity contribution in [2.45, 2.75) is 6.54 Å². The van der Waals surface area contributed by atoms with Crippen LogP contribution in [0, 0.1) is 0 Å². The Morgan fingerprint density at radius 2 is 2.18 bits per heavy atom. The topological polar surface area (TPSA) is 29.1 Å². The van der Waals surface area contributed by atoms with Crippen LogP contribution in [0.5, 0.6) is 0 Å². The Hall–Kier alpha value is -0.420. The Morgan fingerprint density at radius 3 is 2.88 bits per heavy atom.